The van der Waals surface area contributed by atoms with Crippen molar-refractivity contribution in [1.82, 2.24) is 9.29 Å². The molecule has 0 radical (unpaired) electrons. The number of anilines is 1. The summed E-state index contributed by atoms with van der Waals surface area (Å²) in [6.07, 6.45) is 4.08. The zero-order chi connectivity index (χ0) is 18.2. The van der Waals surface area contributed by atoms with Crippen LogP contribution in [0.25, 0.3) is 10.9 Å². The summed E-state index contributed by atoms with van der Waals surface area (Å²) in [7, 11) is -3.24. The summed E-state index contributed by atoms with van der Waals surface area (Å²) in [5.41, 5.74) is 0.872. The Morgan fingerprint density at radius 3 is 2.56 bits per heavy atom. The molecule has 0 spiro atoms. The minimum absolute atomic E-state index is 0.0437. The van der Waals surface area contributed by atoms with Gasteiger partial charge in [-0.3, -0.25) is 4.98 Å². The molecule has 1 saturated heterocycles. The van der Waals surface area contributed by atoms with Gasteiger partial charge in [0.15, 0.2) is 5.82 Å². The summed E-state index contributed by atoms with van der Waals surface area (Å²) in [5, 5.41) is 0.439. The van der Waals surface area contributed by atoms with Gasteiger partial charge in [0.25, 0.3) is 0 Å². The predicted molar refractivity (Wildman–Crippen MR) is 94.1 cm³/mol. The molecule has 8 heteroatoms. The molecule has 0 atom stereocenters. The molecule has 25 heavy (non-hydrogen) atoms. The van der Waals surface area contributed by atoms with Crippen LogP contribution in [0.4, 0.5) is 14.5 Å². The van der Waals surface area contributed by atoms with E-state index in [1.165, 1.54) is 22.8 Å². The molecule has 0 saturated carbocycles. The Hall–Kier alpha value is -1.80. The van der Waals surface area contributed by atoms with Gasteiger partial charge in [0, 0.05) is 49.0 Å². The van der Waals surface area contributed by atoms with Crippen LogP contribution in [0, 0.1) is 11.6 Å². The molecule has 2 heterocycles. The average Bonchev–Trinajstić information content (AvgIpc) is 2.54. The van der Waals surface area contributed by atoms with Crippen molar-refractivity contribution in [3.8, 4) is 0 Å². The van der Waals surface area contributed by atoms with E-state index in [-0.39, 0.29) is 11.6 Å². The van der Waals surface area contributed by atoms with E-state index in [4.69, 9.17) is 0 Å². The molecule has 136 valence electrons. The fraction of sp³-hybridized carbons (Fsp3) is 0.471. The van der Waals surface area contributed by atoms with Crippen molar-refractivity contribution in [1.29, 1.82) is 0 Å². The van der Waals surface area contributed by atoms with Crippen molar-refractivity contribution in [3.63, 3.8) is 0 Å². The Bertz CT molecular complexity index is 881. The van der Waals surface area contributed by atoms with Gasteiger partial charge in [-0.1, -0.05) is 6.92 Å². The molecule has 0 amide bonds. The zero-order valence-corrected chi connectivity index (χ0v) is 15.1. The molecule has 0 N–H and O–H groups in total. The largest absolute Gasteiger partial charge is 0.371 e. The number of fused-ring (bicyclic) bond motifs is 1. The van der Waals surface area contributed by atoms with E-state index in [0.29, 0.717) is 37.9 Å². The predicted octanol–water partition coefficient (Wildman–Crippen LogP) is 2.76. The van der Waals surface area contributed by atoms with Crippen LogP contribution in [0.3, 0.4) is 0 Å². The lowest BCUT2D eigenvalue weighted by atomic mass is 10.0. The highest BCUT2D eigenvalue weighted by Crippen LogP contribution is 2.31. The van der Waals surface area contributed by atoms with Crippen molar-refractivity contribution in [2.24, 2.45) is 0 Å². The van der Waals surface area contributed by atoms with Crippen LogP contribution in [-0.2, 0) is 10.0 Å². The summed E-state index contributed by atoms with van der Waals surface area (Å²) in [6.45, 7) is 3.51. The summed E-state index contributed by atoms with van der Waals surface area (Å²) in [6, 6.07) is 3.83. The number of rotatable bonds is 4. The van der Waals surface area contributed by atoms with Crippen LogP contribution in [0.2, 0.25) is 0 Å². The second-order valence-electron chi connectivity index (χ2n) is 6.30. The number of hydrogen-bond acceptors (Lipinski definition) is 4. The van der Waals surface area contributed by atoms with Crippen LogP contribution in [0.1, 0.15) is 19.8 Å². The first-order valence-corrected chi connectivity index (χ1v) is 10.1. The fourth-order valence-electron chi connectivity index (χ4n) is 3.60. The van der Waals surface area contributed by atoms with Crippen LogP contribution >= 0.6 is 0 Å². The van der Waals surface area contributed by atoms with Gasteiger partial charge in [-0.25, -0.2) is 17.2 Å². The Kier molecular flexibility index (Phi) is 4.92. The highest BCUT2D eigenvalue weighted by atomic mass is 32.2. The monoisotopic (exact) mass is 369 g/mol. The molecular weight excluding hydrogens is 348 g/mol. The third-order valence-electron chi connectivity index (χ3n) is 4.69. The molecule has 1 aromatic carbocycles. The number of sulfonamides is 1. The number of piperidine rings is 1. The van der Waals surface area contributed by atoms with E-state index in [1.807, 2.05) is 11.8 Å². The molecular formula is C17H21F2N3O2S. The maximum absolute atomic E-state index is 13.9. The molecule has 1 fully saturated rings. The summed E-state index contributed by atoms with van der Waals surface area (Å²) >= 11 is 0. The maximum Gasteiger partial charge on any atom is 0.211 e. The van der Waals surface area contributed by atoms with E-state index >= 15 is 0 Å². The van der Waals surface area contributed by atoms with Crippen LogP contribution in [0.5, 0.6) is 0 Å². The summed E-state index contributed by atoms with van der Waals surface area (Å²) in [4.78, 5) is 6.05. The number of halogens is 2. The van der Waals surface area contributed by atoms with Gasteiger partial charge in [0.1, 0.15) is 11.3 Å². The Morgan fingerprint density at radius 1 is 1.28 bits per heavy atom. The second kappa shape index (κ2) is 6.84. The van der Waals surface area contributed by atoms with Crippen molar-refractivity contribution >= 4 is 26.6 Å². The molecule has 3 rings (SSSR count). The van der Waals surface area contributed by atoms with Crippen LogP contribution in [-0.4, -0.2) is 49.6 Å². The van der Waals surface area contributed by atoms with E-state index in [9.17, 15) is 17.2 Å². The first-order chi connectivity index (χ1) is 11.8. The SMILES string of the molecule is CCN(C1CCN(c2ccnc3c(F)cc(F)cc23)CC1)S(C)(=O)=O. The first-order valence-electron chi connectivity index (χ1n) is 8.26. The normalized spacial score (nSPS) is 16.8. The lowest BCUT2D eigenvalue weighted by Crippen LogP contribution is -2.47. The molecule has 2 aromatic rings. The van der Waals surface area contributed by atoms with E-state index in [1.54, 1.807) is 6.07 Å². The Morgan fingerprint density at radius 2 is 1.96 bits per heavy atom. The number of hydrogen-bond donors (Lipinski definition) is 0. The third-order valence-corrected chi connectivity index (χ3v) is 6.10. The highest BCUT2D eigenvalue weighted by molar-refractivity contribution is 7.88. The lowest BCUT2D eigenvalue weighted by Gasteiger charge is -2.38. The fourth-order valence-corrected chi connectivity index (χ4v) is 4.82. The van der Waals surface area contributed by atoms with Crippen molar-refractivity contribution in [2.45, 2.75) is 25.8 Å². The second-order valence-corrected chi connectivity index (χ2v) is 8.23. The minimum atomic E-state index is -3.24. The number of aromatic nitrogens is 1. The minimum Gasteiger partial charge on any atom is -0.371 e. The van der Waals surface area contributed by atoms with Gasteiger partial charge in [-0.05, 0) is 25.0 Å². The zero-order valence-electron chi connectivity index (χ0n) is 14.2. The van der Waals surface area contributed by atoms with Crippen LogP contribution in [0.15, 0.2) is 24.4 Å². The molecule has 0 unspecified atom stereocenters. The van der Waals surface area contributed by atoms with Gasteiger partial charge >= 0.3 is 0 Å². The first kappa shape index (κ1) is 18.0. The Balaban J connectivity index is 1.86. The maximum atomic E-state index is 13.9. The smallest absolute Gasteiger partial charge is 0.211 e. The number of nitrogens with zero attached hydrogens (tertiary/aromatic N) is 3. The quantitative estimate of drug-likeness (QED) is 0.832. The van der Waals surface area contributed by atoms with E-state index < -0.39 is 21.7 Å². The topological polar surface area (TPSA) is 53.5 Å². The number of benzene rings is 1. The summed E-state index contributed by atoms with van der Waals surface area (Å²) in [5.74, 6) is -1.32. The molecule has 1 aliphatic rings. The standard InChI is InChI=1S/C17H21F2N3O2S/c1-3-22(25(2,23)24)13-5-8-21(9-6-13)16-4-7-20-17-14(16)10-12(18)11-15(17)19/h4,7,10-11,13H,3,5-6,8-9H2,1-2H3. The Labute approximate surface area is 146 Å². The van der Waals surface area contributed by atoms with Crippen molar-refractivity contribution in [2.75, 3.05) is 30.8 Å². The van der Waals surface area contributed by atoms with E-state index in [0.717, 1.165) is 11.8 Å². The number of pyridine rings is 1. The molecule has 0 bridgehead atoms. The van der Waals surface area contributed by atoms with Crippen molar-refractivity contribution < 1.29 is 17.2 Å². The third kappa shape index (κ3) is 3.59. The van der Waals surface area contributed by atoms with Crippen molar-refractivity contribution in [3.05, 3.63) is 36.0 Å². The average molecular weight is 369 g/mol. The lowest BCUT2D eigenvalue weighted by molar-refractivity contribution is 0.285. The van der Waals surface area contributed by atoms with Crippen LogP contribution < -0.4 is 4.90 Å². The highest BCUT2D eigenvalue weighted by Gasteiger charge is 2.29. The molecule has 1 aliphatic heterocycles. The van der Waals surface area contributed by atoms with E-state index in [2.05, 4.69) is 4.98 Å². The van der Waals surface area contributed by atoms with Gasteiger partial charge in [-0.2, -0.15) is 4.31 Å². The van der Waals surface area contributed by atoms with Gasteiger partial charge < -0.3 is 4.90 Å². The van der Waals surface area contributed by atoms with Gasteiger partial charge in [-0.15, -0.1) is 0 Å². The molecule has 0 aliphatic carbocycles. The van der Waals surface area contributed by atoms with Gasteiger partial charge in [0.2, 0.25) is 10.0 Å². The molecule has 5 nitrogen and oxygen atoms in total. The van der Waals surface area contributed by atoms with Gasteiger partial charge in [0.05, 0.1) is 6.26 Å². The molecule has 1 aromatic heterocycles. The summed E-state index contributed by atoms with van der Waals surface area (Å²) < 4.78 is 52.9.